The SMILES string of the molecule is CCOc1cc(CNc2ccc(Cl)c(Cl)c2)c(Cl)cc1OCc1ccccc1. The molecule has 0 spiro atoms. The molecule has 0 aliphatic rings. The number of ether oxygens (including phenoxy) is 2. The molecule has 3 aromatic carbocycles. The van der Waals surface area contributed by atoms with Crippen LogP contribution < -0.4 is 14.8 Å². The van der Waals surface area contributed by atoms with Crippen LogP contribution in [0.1, 0.15) is 18.1 Å². The second kappa shape index (κ2) is 9.92. The largest absolute Gasteiger partial charge is 0.490 e. The van der Waals surface area contributed by atoms with Gasteiger partial charge in [0.2, 0.25) is 0 Å². The van der Waals surface area contributed by atoms with Crippen molar-refractivity contribution in [2.45, 2.75) is 20.1 Å². The van der Waals surface area contributed by atoms with E-state index >= 15 is 0 Å². The van der Waals surface area contributed by atoms with Crippen molar-refractivity contribution in [2.75, 3.05) is 11.9 Å². The molecule has 146 valence electrons. The van der Waals surface area contributed by atoms with Gasteiger partial charge in [0.05, 0.1) is 16.7 Å². The van der Waals surface area contributed by atoms with E-state index in [0.717, 1.165) is 16.8 Å². The Balaban J connectivity index is 1.74. The molecule has 0 bridgehead atoms. The molecule has 0 unspecified atom stereocenters. The Morgan fingerprint density at radius 1 is 0.786 bits per heavy atom. The maximum atomic E-state index is 6.48. The smallest absolute Gasteiger partial charge is 0.163 e. The molecule has 0 atom stereocenters. The normalized spacial score (nSPS) is 10.6. The molecule has 0 fully saturated rings. The molecule has 1 N–H and O–H groups in total. The maximum Gasteiger partial charge on any atom is 0.163 e. The minimum Gasteiger partial charge on any atom is -0.490 e. The van der Waals surface area contributed by atoms with Crippen LogP contribution in [0, 0.1) is 0 Å². The van der Waals surface area contributed by atoms with E-state index < -0.39 is 0 Å². The van der Waals surface area contributed by atoms with E-state index in [1.807, 2.05) is 49.4 Å². The first-order valence-corrected chi connectivity index (χ1v) is 10.0. The Bertz CT molecular complexity index is 933. The van der Waals surface area contributed by atoms with Gasteiger partial charge in [-0.05, 0) is 42.3 Å². The van der Waals surface area contributed by atoms with Crippen molar-refractivity contribution in [3.63, 3.8) is 0 Å². The number of anilines is 1. The summed E-state index contributed by atoms with van der Waals surface area (Å²) < 4.78 is 11.7. The van der Waals surface area contributed by atoms with Crippen molar-refractivity contribution < 1.29 is 9.47 Å². The summed E-state index contributed by atoms with van der Waals surface area (Å²) in [7, 11) is 0. The number of halogens is 3. The lowest BCUT2D eigenvalue weighted by atomic mass is 10.2. The van der Waals surface area contributed by atoms with Crippen LogP contribution in [0.3, 0.4) is 0 Å². The third kappa shape index (κ3) is 5.48. The number of hydrogen-bond donors (Lipinski definition) is 1. The molecule has 0 aromatic heterocycles. The van der Waals surface area contributed by atoms with Crippen LogP contribution in [-0.2, 0) is 13.2 Å². The Labute approximate surface area is 180 Å². The van der Waals surface area contributed by atoms with E-state index in [4.69, 9.17) is 44.3 Å². The monoisotopic (exact) mass is 435 g/mol. The highest BCUT2D eigenvalue weighted by atomic mass is 35.5. The number of hydrogen-bond acceptors (Lipinski definition) is 3. The minimum absolute atomic E-state index is 0.443. The molecule has 3 rings (SSSR count). The average Bonchev–Trinajstić information content (AvgIpc) is 2.70. The van der Waals surface area contributed by atoms with E-state index in [9.17, 15) is 0 Å². The molecule has 0 amide bonds. The van der Waals surface area contributed by atoms with Gasteiger partial charge in [-0.2, -0.15) is 0 Å². The van der Waals surface area contributed by atoms with Gasteiger partial charge in [0, 0.05) is 23.3 Å². The van der Waals surface area contributed by atoms with Crippen molar-refractivity contribution in [1.29, 1.82) is 0 Å². The standard InChI is InChI=1S/C22H20Cl3NO2/c1-2-27-21-10-16(13-26-17-8-9-18(23)20(25)11-17)19(24)12-22(21)28-14-15-6-4-3-5-7-15/h3-12,26H,2,13-14H2,1H3. The summed E-state index contributed by atoms with van der Waals surface area (Å²) in [4.78, 5) is 0. The summed E-state index contributed by atoms with van der Waals surface area (Å²) in [5.41, 5.74) is 2.82. The average molecular weight is 437 g/mol. The molecule has 0 aliphatic heterocycles. The minimum atomic E-state index is 0.443. The number of rotatable bonds is 8. The molecule has 0 radical (unpaired) electrons. The van der Waals surface area contributed by atoms with E-state index in [-0.39, 0.29) is 0 Å². The van der Waals surface area contributed by atoms with Crippen LogP contribution in [0.15, 0.2) is 60.7 Å². The van der Waals surface area contributed by atoms with Crippen LogP contribution in [0.5, 0.6) is 11.5 Å². The fourth-order valence-corrected chi connectivity index (χ4v) is 3.15. The Morgan fingerprint density at radius 2 is 1.54 bits per heavy atom. The van der Waals surface area contributed by atoms with Crippen molar-refractivity contribution in [3.8, 4) is 11.5 Å². The molecule has 0 heterocycles. The van der Waals surface area contributed by atoms with Crippen LogP contribution in [0.25, 0.3) is 0 Å². The lowest BCUT2D eigenvalue weighted by Crippen LogP contribution is -2.04. The van der Waals surface area contributed by atoms with Crippen LogP contribution in [0.2, 0.25) is 15.1 Å². The van der Waals surface area contributed by atoms with Crippen LogP contribution in [-0.4, -0.2) is 6.61 Å². The van der Waals surface area contributed by atoms with E-state index in [2.05, 4.69) is 5.32 Å². The fraction of sp³-hybridized carbons (Fsp3) is 0.182. The van der Waals surface area contributed by atoms with Gasteiger partial charge >= 0.3 is 0 Å². The molecule has 0 saturated carbocycles. The molecular weight excluding hydrogens is 417 g/mol. The topological polar surface area (TPSA) is 30.5 Å². The second-order valence-electron chi connectivity index (χ2n) is 6.08. The first-order chi connectivity index (χ1) is 13.6. The lowest BCUT2D eigenvalue weighted by molar-refractivity contribution is 0.269. The van der Waals surface area contributed by atoms with Crippen molar-refractivity contribution >= 4 is 40.5 Å². The third-order valence-electron chi connectivity index (χ3n) is 4.05. The molecule has 6 heteroatoms. The predicted molar refractivity (Wildman–Crippen MR) is 117 cm³/mol. The quantitative estimate of drug-likeness (QED) is 0.404. The zero-order valence-corrected chi connectivity index (χ0v) is 17.6. The summed E-state index contributed by atoms with van der Waals surface area (Å²) in [6.45, 7) is 3.42. The zero-order valence-electron chi connectivity index (χ0n) is 15.3. The number of benzene rings is 3. The molecule has 0 aliphatic carbocycles. The highest BCUT2D eigenvalue weighted by Crippen LogP contribution is 2.35. The van der Waals surface area contributed by atoms with Gasteiger partial charge in [-0.1, -0.05) is 65.1 Å². The van der Waals surface area contributed by atoms with Crippen molar-refractivity contribution in [2.24, 2.45) is 0 Å². The van der Waals surface area contributed by atoms with Gasteiger partial charge < -0.3 is 14.8 Å². The molecule has 28 heavy (non-hydrogen) atoms. The first kappa shape index (κ1) is 20.7. The Hall–Kier alpha value is -2.07. The summed E-state index contributed by atoms with van der Waals surface area (Å²) in [6, 6.07) is 19.0. The van der Waals surface area contributed by atoms with Gasteiger partial charge in [-0.3, -0.25) is 0 Å². The van der Waals surface area contributed by atoms with E-state index in [0.29, 0.717) is 46.3 Å². The third-order valence-corrected chi connectivity index (χ3v) is 5.14. The Kier molecular flexibility index (Phi) is 7.32. The summed E-state index contributed by atoms with van der Waals surface area (Å²) in [5.74, 6) is 1.28. The van der Waals surface area contributed by atoms with Gasteiger partial charge in [0.15, 0.2) is 11.5 Å². The van der Waals surface area contributed by atoms with Crippen molar-refractivity contribution in [1.82, 2.24) is 0 Å². The van der Waals surface area contributed by atoms with Gasteiger partial charge in [-0.15, -0.1) is 0 Å². The van der Waals surface area contributed by atoms with Crippen molar-refractivity contribution in [3.05, 3.63) is 86.9 Å². The number of nitrogens with one attached hydrogen (secondary N) is 1. The van der Waals surface area contributed by atoms with Gasteiger partial charge in [-0.25, -0.2) is 0 Å². The molecule has 3 nitrogen and oxygen atoms in total. The van der Waals surface area contributed by atoms with E-state index in [1.54, 1.807) is 18.2 Å². The Morgan fingerprint density at radius 3 is 2.25 bits per heavy atom. The summed E-state index contributed by atoms with van der Waals surface area (Å²) in [6.07, 6.45) is 0. The lowest BCUT2D eigenvalue weighted by Gasteiger charge is -2.16. The molecular formula is C22H20Cl3NO2. The van der Waals surface area contributed by atoms with E-state index in [1.165, 1.54) is 0 Å². The molecule has 0 saturated heterocycles. The maximum absolute atomic E-state index is 6.48. The highest BCUT2D eigenvalue weighted by molar-refractivity contribution is 6.42. The van der Waals surface area contributed by atoms with Gasteiger partial charge in [0.1, 0.15) is 6.61 Å². The second-order valence-corrected chi connectivity index (χ2v) is 7.30. The van der Waals surface area contributed by atoms with Gasteiger partial charge in [0.25, 0.3) is 0 Å². The summed E-state index contributed by atoms with van der Waals surface area (Å²) >= 11 is 18.5. The van der Waals surface area contributed by atoms with Crippen LogP contribution >= 0.6 is 34.8 Å². The predicted octanol–water partition coefficient (Wildman–Crippen LogP) is 7.24. The fourth-order valence-electron chi connectivity index (χ4n) is 2.63. The summed E-state index contributed by atoms with van der Waals surface area (Å²) in [5, 5.41) is 4.90. The first-order valence-electron chi connectivity index (χ1n) is 8.87. The zero-order chi connectivity index (χ0) is 19.9. The molecule has 3 aromatic rings. The highest BCUT2D eigenvalue weighted by Gasteiger charge is 2.12. The van der Waals surface area contributed by atoms with Crippen LogP contribution in [0.4, 0.5) is 5.69 Å².